The highest BCUT2D eigenvalue weighted by molar-refractivity contribution is 7.99. The van der Waals surface area contributed by atoms with Gasteiger partial charge in [0, 0.05) is 40.2 Å². The van der Waals surface area contributed by atoms with Crippen molar-refractivity contribution in [2.24, 2.45) is 0 Å². The van der Waals surface area contributed by atoms with Crippen molar-refractivity contribution in [3.8, 4) is 5.75 Å². The molecule has 0 fully saturated rings. The van der Waals surface area contributed by atoms with Crippen molar-refractivity contribution >= 4 is 29.3 Å². The van der Waals surface area contributed by atoms with Gasteiger partial charge in [0.1, 0.15) is 5.75 Å². The summed E-state index contributed by atoms with van der Waals surface area (Å²) in [6.07, 6.45) is 2.50. The average Bonchev–Trinajstić information content (AvgIpc) is 3.03. The molecule has 2 heterocycles. The van der Waals surface area contributed by atoms with Gasteiger partial charge in [0.2, 0.25) is 0 Å². The van der Waals surface area contributed by atoms with Gasteiger partial charge in [-0.15, -0.1) is 0 Å². The molecule has 2 amide bonds. The molecule has 0 aliphatic carbocycles. The van der Waals surface area contributed by atoms with Crippen molar-refractivity contribution in [3.63, 3.8) is 0 Å². The van der Waals surface area contributed by atoms with Crippen LogP contribution in [-0.4, -0.2) is 23.9 Å². The zero-order valence-electron chi connectivity index (χ0n) is 19.1. The number of amides is 2. The van der Waals surface area contributed by atoms with Crippen LogP contribution in [0.4, 0.5) is 5.69 Å². The summed E-state index contributed by atoms with van der Waals surface area (Å²) in [6.45, 7) is 0.359. The SMILES string of the molecule is COc1ccc(Cc2ccc(CNC(=O)c3ccc4c(c3)NC(=O)c3ccccc3S4)cn2)cc1. The first-order chi connectivity index (χ1) is 17.1. The number of benzene rings is 3. The fraction of sp³-hybridized carbons (Fsp3) is 0.107. The van der Waals surface area contributed by atoms with Crippen molar-refractivity contribution in [3.05, 3.63) is 113 Å². The predicted molar refractivity (Wildman–Crippen MR) is 136 cm³/mol. The summed E-state index contributed by atoms with van der Waals surface area (Å²) in [5.41, 5.74) is 4.75. The average molecular weight is 482 g/mol. The third kappa shape index (κ3) is 5.20. The van der Waals surface area contributed by atoms with Crippen LogP contribution in [0.3, 0.4) is 0 Å². The van der Waals surface area contributed by atoms with E-state index in [0.29, 0.717) is 23.4 Å². The predicted octanol–water partition coefficient (Wildman–Crippen LogP) is 5.33. The highest BCUT2D eigenvalue weighted by Crippen LogP contribution is 2.39. The van der Waals surface area contributed by atoms with E-state index in [9.17, 15) is 9.59 Å². The zero-order valence-corrected chi connectivity index (χ0v) is 19.9. The summed E-state index contributed by atoms with van der Waals surface area (Å²) in [6, 6.07) is 24.7. The van der Waals surface area contributed by atoms with E-state index < -0.39 is 0 Å². The maximum atomic E-state index is 12.8. The van der Waals surface area contributed by atoms with Gasteiger partial charge in [0.15, 0.2) is 0 Å². The second kappa shape index (κ2) is 10.0. The smallest absolute Gasteiger partial charge is 0.256 e. The standard InChI is InChI=1S/C28H23N3O3S/c1-34-22-11-7-18(8-12-22)14-21-10-6-19(16-29-21)17-30-27(32)20-9-13-26-24(15-20)31-28(33)23-4-2-3-5-25(23)35-26/h2-13,15-16H,14,17H2,1H3,(H,30,32)(H,31,33). The normalized spacial score (nSPS) is 12.1. The van der Waals surface area contributed by atoms with Crippen LogP contribution in [0.2, 0.25) is 0 Å². The molecule has 0 saturated heterocycles. The molecular formula is C28H23N3O3S. The molecule has 0 radical (unpaired) electrons. The van der Waals surface area contributed by atoms with Gasteiger partial charge in [0.25, 0.3) is 11.8 Å². The Morgan fingerprint density at radius 3 is 2.54 bits per heavy atom. The minimum absolute atomic E-state index is 0.176. The molecule has 3 aromatic carbocycles. The Labute approximate surface area is 207 Å². The van der Waals surface area contributed by atoms with E-state index in [0.717, 1.165) is 38.8 Å². The number of pyridine rings is 1. The summed E-state index contributed by atoms with van der Waals surface area (Å²) in [5.74, 6) is 0.440. The monoisotopic (exact) mass is 481 g/mol. The molecule has 174 valence electrons. The highest BCUT2D eigenvalue weighted by Gasteiger charge is 2.20. The second-order valence-electron chi connectivity index (χ2n) is 8.13. The second-order valence-corrected chi connectivity index (χ2v) is 9.21. The van der Waals surface area contributed by atoms with Crippen molar-refractivity contribution in [2.45, 2.75) is 22.8 Å². The zero-order chi connectivity index (χ0) is 24.2. The molecule has 1 aromatic heterocycles. The molecule has 6 nitrogen and oxygen atoms in total. The lowest BCUT2D eigenvalue weighted by Crippen LogP contribution is -2.23. The van der Waals surface area contributed by atoms with Gasteiger partial charge < -0.3 is 15.4 Å². The number of rotatable bonds is 6. The molecule has 0 saturated carbocycles. The third-order valence-electron chi connectivity index (χ3n) is 5.72. The van der Waals surface area contributed by atoms with Gasteiger partial charge in [-0.1, -0.05) is 42.1 Å². The molecule has 35 heavy (non-hydrogen) atoms. The lowest BCUT2D eigenvalue weighted by Gasteiger charge is -2.10. The molecule has 0 spiro atoms. The van der Waals surface area contributed by atoms with Crippen molar-refractivity contribution in [2.75, 3.05) is 12.4 Å². The minimum atomic E-state index is -0.212. The largest absolute Gasteiger partial charge is 0.497 e. The number of methoxy groups -OCH3 is 1. The lowest BCUT2D eigenvalue weighted by molar-refractivity contribution is 0.0949. The first kappa shape index (κ1) is 22.7. The Kier molecular flexibility index (Phi) is 6.50. The Balaban J connectivity index is 1.21. The van der Waals surface area contributed by atoms with E-state index in [-0.39, 0.29) is 11.8 Å². The number of hydrogen-bond donors (Lipinski definition) is 2. The summed E-state index contributed by atoms with van der Waals surface area (Å²) < 4.78 is 5.19. The van der Waals surface area contributed by atoms with E-state index >= 15 is 0 Å². The van der Waals surface area contributed by atoms with Crippen LogP contribution in [0.5, 0.6) is 5.75 Å². The van der Waals surface area contributed by atoms with Crippen molar-refractivity contribution in [1.29, 1.82) is 0 Å². The van der Waals surface area contributed by atoms with E-state index in [1.54, 1.807) is 31.5 Å². The lowest BCUT2D eigenvalue weighted by atomic mass is 10.1. The van der Waals surface area contributed by atoms with Crippen LogP contribution in [-0.2, 0) is 13.0 Å². The topological polar surface area (TPSA) is 80.3 Å². The van der Waals surface area contributed by atoms with Gasteiger partial charge in [-0.3, -0.25) is 14.6 Å². The third-order valence-corrected chi connectivity index (χ3v) is 6.88. The molecule has 7 heteroatoms. The van der Waals surface area contributed by atoms with E-state index in [2.05, 4.69) is 15.6 Å². The van der Waals surface area contributed by atoms with Crippen LogP contribution >= 0.6 is 11.8 Å². The Bertz CT molecular complexity index is 1390. The molecule has 1 aliphatic heterocycles. The first-order valence-electron chi connectivity index (χ1n) is 11.2. The summed E-state index contributed by atoms with van der Waals surface area (Å²) >= 11 is 1.51. The van der Waals surface area contributed by atoms with Gasteiger partial charge in [-0.2, -0.15) is 0 Å². The summed E-state index contributed by atoms with van der Waals surface area (Å²) in [5, 5.41) is 5.86. The number of carbonyl (C=O) groups excluding carboxylic acids is 2. The van der Waals surface area contributed by atoms with Crippen LogP contribution in [0.15, 0.2) is 94.9 Å². The fourth-order valence-corrected chi connectivity index (χ4v) is 4.82. The number of carbonyl (C=O) groups is 2. The van der Waals surface area contributed by atoms with Gasteiger partial charge in [0.05, 0.1) is 18.4 Å². The van der Waals surface area contributed by atoms with Crippen LogP contribution in [0.25, 0.3) is 0 Å². The molecule has 5 rings (SSSR count). The number of nitrogens with zero attached hydrogens (tertiary/aromatic N) is 1. The fourth-order valence-electron chi connectivity index (χ4n) is 3.81. The van der Waals surface area contributed by atoms with E-state index in [4.69, 9.17) is 4.74 Å². The number of fused-ring (bicyclic) bond motifs is 2. The number of hydrogen-bond acceptors (Lipinski definition) is 5. The first-order valence-corrected chi connectivity index (χ1v) is 12.0. The number of ether oxygens (including phenoxy) is 1. The molecule has 4 aromatic rings. The molecule has 2 N–H and O–H groups in total. The molecule has 0 atom stereocenters. The Hall–Kier alpha value is -4.10. The number of nitrogens with one attached hydrogen (secondary N) is 2. The van der Waals surface area contributed by atoms with E-state index in [1.165, 1.54) is 11.8 Å². The maximum Gasteiger partial charge on any atom is 0.256 e. The summed E-state index contributed by atoms with van der Waals surface area (Å²) in [7, 11) is 1.65. The van der Waals surface area contributed by atoms with Gasteiger partial charge in [-0.05, 0) is 59.7 Å². The van der Waals surface area contributed by atoms with Crippen molar-refractivity contribution in [1.82, 2.24) is 10.3 Å². The number of aromatic nitrogens is 1. The Morgan fingerprint density at radius 2 is 1.77 bits per heavy atom. The van der Waals surface area contributed by atoms with Crippen LogP contribution in [0.1, 0.15) is 37.5 Å². The van der Waals surface area contributed by atoms with Gasteiger partial charge in [-0.25, -0.2) is 0 Å². The summed E-state index contributed by atoms with van der Waals surface area (Å²) in [4.78, 5) is 31.7. The highest BCUT2D eigenvalue weighted by atomic mass is 32.2. The quantitative estimate of drug-likeness (QED) is 0.389. The Morgan fingerprint density at radius 1 is 0.971 bits per heavy atom. The molecule has 1 aliphatic rings. The minimum Gasteiger partial charge on any atom is -0.497 e. The van der Waals surface area contributed by atoms with Gasteiger partial charge >= 0.3 is 0 Å². The number of anilines is 1. The maximum absolute atomic E-state index is 12.8. The van der Waals surface area contributed by atoms with Crippen LogP contribution < -0.4 is 15.4 Å². The van der Waals surface area contributed by atoms with Crippen molar-refractivity contribution < 1.29 is 14.3 Å². The van der Waals surface area contributed by atoms with Crippen LogP contribution in [0, 0.1) is 0 Å². The molecule has 0 unspecified atom stereocenters. The molecule has 0 bridgehead atoms. The molecular weight excluding hydrogens is 458 g/mol. The van der Waals surface area contributed by atoms with E-state index in [1.807, 2.05) is 60.7 Å².